The van der Waals surface area contributed by atoms with Gasteiger partial charge in [-0.05, 0) is 19.1 Å². The summed E-state index contributed by atoms with van der Waals surface area (Å²) >= 11 is 3.18. The summed E-state index contributed by atoms with van der Waals surface area (Å²) in [4.78, 5) is 33.1. The van der Waals surface area contributed by atoms with Gasteiger partial charge in [0.25, 0.3) is 0 Å². The van der Waals surface area contributed by atoms with Gasteiger partial charge in [-0.25, -0.2) is 4.98 Å². The third-order valence-corrected chi connectivity index (χ3v) is 8.54. The van der Waals surface area contributed by atoms with Crippen LogP contribution in [-0.4, -0.2) is 57.4 Å². The predicted octanol–water partition coefficient (Wildman–Crippen LogP) is -1.96. The number of amides is 1. The standard InChI is InChI=1S/C20H21N3O4S2.Na/c1-9-15-14(10(2)24)18(25)23(15)16(19(26)27)17(9)28-11-7-22(8-11)20-21-12-5-3-4-6-13(12)29-20;/h3-6,9-11,14-15,24H,7-8H2,1-2H3,(H,26,27);/q;+1/p-1/t9-,10-,14-,15-;/m1./s1. The van der Waals surface area contributed by atoms with Crippen LogP contribution in [0.5, 0.6) is 0 Å². The van der Waals surface area contributed by atoms with Crippen LogP contribution in [0.1, 0.15) is 13.8 Å². The number of hydrogen-bond acceptors (Lipinski definition) is 8. The van der Waals surface area contributed by atoms with Gasteiger partial charge in [0.1, 0.15) is 0 Å². The second-order valence-corrected chi connectivity index (χ2v) is 10.2. The van der Waals surface area contributed by atoms with Crippen molar-refractivity contribution in [3.8, 4) is 0 Å². The fourth-order valence-corrected chi connectivity index (χ4v) is 7.01. The number of aliphatic carboxylic acids is 1. The number of fused-ring (bicyclic) bond motifs is 2. The second-order valence-electron chi connectivity index (χ2n) is 7.86. The Balaban J connectivity index is 0.00000218. The van der Waals surface area contributed by atoms with E-state index in [2.05, 4.69) is 16.0 Å². The maximum absolute atomic E-state index is 12.4. The zero-order chi connectivity index (χ0) is 20.4. The molecule has 2 saturated heterocycles. The average molecular weight is 454 g/mol. The van der Waals surface area contributed by atoms with Crippen molar-refractivity contribution in [2.24, 2.45) is 11.8 Å². The number of para-hydroxylation sites is 1. The molecule has 0 bridgehead atoms. The molecule has 30 heavy (non-hydrogen) atoms. The molecule has 0 spiro atoms. The van der Waals surface area contributed by atoms with Crippen molar-refractivity contribution < 1.29 is 49.4 Å². The van der Waals surface area contributed by atoms with E-state index < -0.39 is 18.0 Å². The normalized spacial score (nSPS) is 26.9. The Kier molecular flexibility index (Phi) is 5.97. The van der Waals surface area contributed by atoms with Crippen LogP contribution in [0.2, 0.25) is 0 Å². The zero-order valence-electron chi connectivity index (χ0n) is 16.9. The van der Waals surface area contributed by atoms with Gasteiger partial charge in [0, 0.05) is 29.2 Å². The first-order chi connectivity index (χ1) is 13.9. The van der Waals surface area contributed by atoms with E-state index in [0.29, 0.717) is 4.91 Å². The largest absolute Gasteiger partial charge is 1.00 e. The van der Waals surface area contributed by atoms with Crippen LogP contribution in [0.4, 0.5) is 5.13 Å². The van der Waals surface area contributed by atoms with Crippen molar-refractivity contribution in [1.29, 1.82) is 0 Å². The summed E-state index contributed by atoms with van der Waals surface area (Å²) in [6, 6.07) is 7.73. The molecule has 2 aromatic rings. The smallest absolute Gasteiger partial charge is 0.543 e. The number of anilines is 1. The van der Waals surface area contributed by atoms with Crippen molar-refractivity contribution in [2.75, 3.05) is 18.0 Å². The van der Waals surface area contributed by atoms with Crippen molar-refractivity contribution in [2.45, 2.75) is 31.2 Å². The monoisotopic (exact) mass is 453 g/mol. The van der Waals surface area contributed by atoms with E-state index in [9.17, 15) is 19.8 Å². The molecule has 4 heterocycles. The zero-order valence-corrected chi connectivity index (χ0v) is 20.6. The second kappa shape index (κ2) is 8.11. The van der Waals surface area contributed by atoms with Crippen LogP contribution in [0, 0.1) is 11.8 Å². The first-order valence-corrected chi connectivity index (χ1v) is 11.3. The van der Waals surface area contributed by atoms with E-state index in [4.69, 9.17) is 0 Å². The van der Waals surface area contributed by atoms with Gasteiger partial charge in [-0.2, -0.15) is 0 Å². The van der Waals surface area contributed by atoms with E-state index >= 15 is 0 Å². The summed E-state index contributed by atoms with van der Waals surface area (Å²) in [5.41, 5.74) is 0.981. The van der Waals surface area contributed by atoms with Gasteiger partial charge in [0.05, 0.1) is 39.9 Å². The SMILES string of the molecule is C[C@@H](O)[C@H]1C(=O)N2C(C(=O)[O-])=C(SC3CN(c4nc5ccccc5s4)C3)[C@H](C)[C@H]12.[Na+]. The number of thiazole rings is 1. The third-order valence-electron chi connectivity index (χ3n) is 6.00. The number of thioether (sulfide) groups is 1. The summed E-state index contributed by atoms with van der Waals surface area (Å²) < 4.78 is 1.15. The minimum Gasteiger partial charge on any atom is -0.543 e. The number of carboxylic acids is 1. The van der Waals surface area contributed by atoms with Crippen molar-refractivity contribution in [1.82, 2.24) is 9.88 Å². The molecule has 10 heteroatoms. The molecule has 1 N–H and O–H groups in total. The van der Waals surface area contributed by atoms with E-state index in [1.54, 1.807) is 18.3 Å². The molecule has 1 aromatic heterocycles. The van der Waals surface area contributed by atoms with Crippen LogP contribution in [-0.2, 0) is 9.59 Å². The molecule has 152 valence electrons. The van der Waals surface area contributed by atoms with Gasteiger partial charge in [-0.1, -0.05) is 30.4 Å². The summed E-state index contributed by atoms with van der Waals surface area (Å²) in [7, 11) is 0. The van der Waals surface area contributed by atoms with Gasteiger partial charge < -0.3 is 24.8 Å². The number of aromatic nitrogens is 1. The Morgan fingerprint density at radius 3 is 2.70 bits per heavy atom. The Bertz CT molecular complexity index is 1020. The summed E-state index contributed by atoms with van der Waals surface area (Å²) in [6.07, 6.45) is -0.795. The number of carbonyl (C=O) groups is 2. The molecular weight excluding hydrogens is 433 g/mol. The number of carboxylic acid groups (broad SMARTS) is 1. The van der Waals surface area contributed by atoms with Gasteiger partial charge in [0.2, 0.25) is 5.91 Å². The molecule has 5 rings (SSSR count). The van der Waals surface area contributed by atoms with Gasteiger partial charge in [-0.15, -0.1) is 11.8 Å². The quantitative estimate of drug-likeness (QED) is 0.415. The number of nitrogens with zero attached hydrogens (tertiary/aromatic N) is 3. The minimum absolute atomic E-state index is 0. The van der Waals surface area contributed by atoms with E-state index in [1.165, 1.54) is 16.7 Å². The number of β-lactam (4-membered cyclic amide) rings is 1. The van der Waals surface area contributed by atoms with Gasteiger partial charge in [0.15, 0.2) is 5.13 Å². The molecule has 1 aromatic carbocycles. The topological polar surface area (TPSA) is 96.8 Å². The van der Waals surface area contributed by atoms with Crippen molar-refractivity contribution in [3.05, 3.63) is 34.9 Å². The predicted molar refractivity (Wildman–Crippen MR) is 110 cm³/mol. The Morgan fingerprint density at radius 2 is 2.07 bits per heavy atom. The maximum Gasteiger partial charge on any atom is 1.00 e. The molecule has 2 fully saturated rings. The number of rotatable bonds is 5. The molecule has 4 atom stereocenters. The molecule has 0 radical (unpaired) electrons. The van der Waals surface area contributed by atoms with Crippen LogP contribution in [0.3, 0.4) is 0 Å². The third kappa shape index (κ3) is 3.30. The number of carbonyl (C=O) groups excluding carboxylic acids is 2. The Morgan fingerprint density at radius 1 is 1.37 bits per heavy atom. The fraction of sp³-hybridized carbons (Fsp3) is 0.450. The van der Waals surface area contributed by atoms with Crippen LogP contribution >= 0.6 is 23.1 Å². The molecule has 3 aliphatic rings. The molecule has 0 unspecified atom stereocenters. The van der Waals surface area contributed by atoms with E-state index in [0.717, 1.165) is 28.4 Å². The first-order valence-electron chi connectivity index (χ1n) is 9.60. The fourth-order valence-electron chi connectivity index (χ4n) is 4.51. The van der Waals surface area contributed by atoms with Gasteiger partial charge >= 0.3 is 29.6 Å². The number of benzene rings is 1. The Hall–Kier alpha value is -1.10. The first kappa shape index (κ1) is 22.1. The maximum atomic E-state index is 12.4. The Labute approximate surface area is 204 Å². The molecule has 7 nitrogen and oxygen atoms in total. The number of aliphatic hydroxyl groups is 1. The van der Waals surface area contributed by atoms with Crippen LogP contribution < -0.4 is 39.6 Å². The minimum atomic E-state index is -1.32. The van der Waals surface area contributed by atoms with E-state index in [-0.39, 0.29) is 58.4 Å². The van der Waals surface area contributed by atoms with Gasteiger partial charge in [-0.3, -0.25) is 4.79 Å². The molecule has 3 aliphatic heterocycles. The van der Waals surface area contributed by atoms with Crippen molar-refractivity contribution in [3.63, 3.8) is 0 Å². The summed E-state index contributed by atoms with van der Waals surface area (Å²) in [6.45, 7) is 5.07. The van der Waals surface area contributed by atoms with Crippen LogP contribution in [0.15, 0.2) is 34.9 Å². The van der Waals surface area contributed by atoms with Crippen LogP contribution in [0.25, 0.3) is 10.2 Å². The summed E-state index contributed by atoms with van der Waals surface area (Å²) in [5.74, 6) is -2.31. The van der Waals surface area contributed by atoms with Crippen molar-refractivity contribution >= 4 is 50.3 Å². The summed E-state index contributed by atoms with van der Waals surface area (Å²) in [5, 5.41) is 22.9. The van der Waals surface area contributed by atoms with E-state index in [1.807, 2.05) is 25.1 Å². The molecule has 0 saturated carbocycles. The number of hydrogen-bond donors (Lipinski definition) is 1. The molecular formula is C20H20N3NaO4S2. The number of aliphatic hydroxyl groups excluding tert-OH is 1. The average Bonchev–Trinajstić information content (AvgIpc) is 3.15. The molecule has 0 aliphatic carbocycles. The molecule has 1 amide bonds.